The van der Waals surface area contributed by atoms with Crippen LogP contribution in [-0.2, 0) is 14.8 Å². The lowest BCUT2D eigenvalue weighted by molar-refractivity contribution is -0.126. The van der Waals surface area contributed by atoms with Gasteiger partial charge in [-0.05, 0) is 51.3 Å². The minimum absolute atomic E-state index is 0.0342. The van der Waals surface area contributed by atoms with Gasteiger partial charge in [0.1, 0.15) is 11.5 Å². The zero-order valence-electron chi connectivity index (χ0n) is 18.0. The maximum atomic E-state index is 13.9. The first-order valence-corrected chi connectivity index (χ1v) is 11.9. The first kappa shape index (κ1) is 23.1. The van der Waals surface area contributed by atoms with E-state index in [1.54, 1.807) is 25.1 Å². The number of aromatic nitrogens is 1. The third kappa shape index (κ3) is 5.22. The molecule has 0 unspecified atom stereocenters. The topological polar surface area (TPSA) is 92.5 Å². The van der Waals surface area contributed by atoms with Crippen LogP contribution in [0.1, 0.15) is 50.1 Å². The Morgan fingerprint density at radius 1 is 1.39 bits per heavy atom. The van der Waals surface area contributed by atoms with Gasteiger partial charge in [-0.1, -0.05) is 30.3 Å². The van der Waals surface area contributed by atoms with Gasteiger partial charge < -0.3 is 9.84 Å². The molecule has 0 bridgehead atoms. The summed E-state index contributed by atoms with van der Waals surface area (Å²) in [5.74, 6) is -0.927. The van der Waals surface area contributed by atoms with Gasteiger partial charge >= 0.3 is 0 Å². The second kappa shape index (κ2) is 9.74. The van der Waals surface area contributed by atoms with Crippen molar-refractivity contribution in [3.8, 4) is 0 Å². The van der Waals surface area contributed by atoms with E-state index in [1.165, 1.54) is 22.5 Å². The van der Waals surface area contributed by atoms with Crippen LogP contribution in [0.2, 0.25) is 0 Å². The normalized spacial score (nSPS) is 18.9. The van der Waals surface area contributed by atoms with Crippen molar-refractivity contribution in [1.82, 2.24) is 14.8 Å². The Labute approximate surface area is 182 Å². The second-order valence-electron chi connectivity index (χ2n) is 7.84. The monoisotopic (exact) mass is 449 g/mol. The van der Waals surface area contributed by atoms with E-state index in [9.17, 15) is 17.6 Å². The zero-order chi connectivity index (χ0) is 22.6. The molecule has 3 rings (SSSR count). The standard InChI is InChI=1S/C22H28FN3O4S/c1-4-15(2)24-22(27)18-9-7-13-26(14-18)31(28,29)21-16(3)25-30-20(21)12-11-17-8-5-6-10-19(17)23/h5-6,8,10-12,15,18H,4,7,9,13-14H2,1-3H3,(H,24,27)/b12-11+/t15-,18+/m1/s1. The van der Waals surface area contributed by atoms with Gasteiger partial charge in [0.15, 0.2) is 10.7 Å². The molecule has 1 N–H and O–H groups in total. The highest BCUT2D eigenvalue weighted by molar-refractivity contribution is 7.89. The summed E-state index contributed by atoms with van der Waals surface area (Å²) in [4.78, 5) is 12.5. The number of piperidine rings is 1. The van der Waals surface area contributed by atoms with Crippen molar-refractivity contribution in [2.45, 2.75) is 51.0 Å². The Morgan fingerprint density at radius 3 is 2.84 bits per heavy atom. The minimum Gasteiger partial charge on any atom is -0.355 e. The number of halogens is 1. The van der Waals surface area contributed by atoms with E-state index < -0.39 is 21.8 Å². The summed E-state index contributed by atoms with van der Waals surface area (Å²) >= 11 is 0. The Balaban J connectivity index is 1.84. The fourth-order valence-corrected chi connectivity index (χ4v) is 5.32. The molecule has 0 saturated carbocycles. The van der Waals surface area contributed by atoms with Crippen molar-refractivity contribution < 1.29 is 22.1 Å². The van der Waals surface area contributed by atoms with E-state index >= 15 is 0 Å². The van der Waals surface area contributed by atoms with Gasteiger partial charge in [0, 0.05) is 24.7 Å². The number of sulfonamides is 1. The van der Waals surface area contributed by atoms with Gasteiger partial charge in [0.2, 0.25) is 15.9 Å². The molecular weight excluding hydrogens is 421 g/mol. The lowest BCUT2D eigenvalue weighted by Crippen LogP contribution is -2.47. The van der Waals surface area contributed by atoms with Crippen molar-refractivity contribution in [1.29, 1.82) is 0 Å². The van der Waals surface area contributed by atoms with Gasteiger partial charge in [-0.2, -0.15) is 4.31 Å². The van der Waals surface area contributed by atoms with Gasteiger partial charge in [-0.15, -0.1) is 0 Å². The van der Waals surface area contributed by atoms with E-state index in [4.69, 9.17) is 4.52 Å². The van der Waals surface area contributed by atoms with Gasteiger partial charge in [0.25, 0.3) is 0 Å². The summed E-state index contributed by atoms with van der Waals surface area (Å²) in [6.45, 7) is 5.87. The number of benzene rings is 1. The fraction of sp³-hybridized carbons (Fsp3) is 0.455. The summed E-state index contributed by atoms with van der Waals surface area (Å²) < 4.78 is 47.2. The van der Waals surface area contributed by atoms with Crippen molar-refractivity contribution in [3.63, 3.8) is 0 Å². The number of nitrogens with one attached hydrogen (secondary N) is 1. The molecule has 1 aliphatic heterocycles. The average Bonchev–Trinajstić information content (AvgIpc) is 3.14. The summed E-state index contributed by atoms with van der Waals surface area (Å²) in [5, 5.41) is 6.75. The van der Waals surface area contributed by atoms with E-state index in [-0.39, 0.29) is 34.8 Å². The summed E-state index contributed by atoms with van der Waals surface area (Å²) in [5.41, 5.74) is 0.527. The number of aryl methyl sites for hydroxylation is 1. The molecule has 1 aromatic heterocycles. The molecule has 1 amide bonds. The largest absolute Gasteiger partial charge is 0.355 e. The van der Waals surface area contributed by atoms with E-state index in [1.807, 2.05) is 13.8 Å². The zero-order valence-corrected chi connectivity index (χ0v) is 18.8. The Morgan fingerprint density at radius 2 is 2.13 bits per heavy atom. The summed E-state index contributed by atoms with van der Waals surface area (Å²) in [6.07, 6.45) is 4.88. The van der Waals surface area contributed by atoms with Gasteiger partial charge in [0.05, 0.1) is 5.92 Å². The first-order valence-electron chi connectivity index (χ1n) is 10.4. The fourth-order valence-electron chi connectivity index (χ4n) is 3.54. The molecule has 9 heteroatoms. The van der Waals surface area contributed by atoms with Crippen molar-refractivity contribution in [2.75, 3.05) is 13.1 Å². The van der Waals surface area contributed by atoms with Crippen LogP contribution in [0.4, 0.5) is 4.39 Å². The predicted molar refractivity (Wildman–Crippen MR) is 116 cm³/mol. The number of hydrogen-bond acceptors (Lipinski definition) is 5. The van der Waals surface area contributed by atoms with Crippen LogP contribution in [0.5, 0.6) is 0 Å². The van der Waals surface area contributed by atoms with Crippen molar-refractivity contribution in [2.24, 2.45) is 5.92 Å². The van der Waals surface area contributed by atoms with E-state index in [0.717, 1.165) is 6.42 Å². The molecule has 168 valence electrons. The summed E-state index contributed by atoms with van der Waals surface area (Å²) in [6, 6.07) is 6.20. The van der Waals surface area contributed by atoms with Crippen LogP contribution < -0.4 is 5.32 Å². The molecule has 31 heavy (non-hydrogen) atoms. The molecule has 0 aliphatic carbocycles. The number of hydrogen-bond donors (Lipinski definition) is 1. The average molecular weight is 450 g/mol. The van der Waals surface area contributed by atoms with Crippen LogP contribution in [-0.4, -0.2) is 42.9 Å². The molecule has 2 atom stereocenters. The third-order valence-corrected chi connectivity index (χ3v) is 7.53. The summed E-state index contributed by atoms with van der Waals surface area (Å²) in [7, 11) is -3.94. The molecule has 1 fully saturated rings. The molecule has 2 aromatic rings. The number of rotatable bonds is 7. The smallest absolute Gasteiger partial charge is 0.248 e. The van der Waals surface area contributed by atoms with E-state index in [0.29, 0.717) is 24.9 Å². The van der Waals surface area contributed by atoms with Crippen molar-refractivity contribution >= 4 is 28.1 Å². The number of carbonyl (C=O) groups is 1. The predicted octanol–water partition coefficient (Wildman–Crippen LogP) is 3.61. The highest BCUT2D eigenvalue weighted by Gasteiger charge is 2.37. The highest BCUT2D eigenvalue weighted by Crippen LogP contribution is 2.29. The number of amides is 1. The molecule has 1 aliphatic rings. The SMILES string of the molecule is CC[C@@H](C)NC(=O)[C@H]1CCCN(S(=O)(=O)c2c(C)noc2/C=C/c2ccccc2F)C1. The van der Waals surface area contributed by atoms with Crippen LogP contribution in [0.25, 0.3) is 12.2 Å². The van der Waals surface area contributed by atoms with E-state index in [2.05, 4.69) is 10.5 Å². The molecule has 0 radical (unpaired) electrons. The Kier molecular flexibility index (Phi) is 7.27. The second-order valence-corrected chi connectivity index (χ2v) is 9.71. The molecular formula is C22H28FN3O4S. The minimum atomic E-state index is -3.94. The number of carbonyl (C=O) groups excluding carboxylic acids is 1. The Bertz CT molecular complexity index is 1060. The third-order valence-electron chi connectivity index (χ3n) is 5.51. The van der Waals surface area contributed by atoms with Crippen molar-refractivity contribution in [3.05, 3.63) is 47.1 Å². The Hall–Kier alpha value is -2.52. The molecule has 7 nitrogen and oxygen atoms in total. The molecule has 0 spiro atoms. The highest BCUT2D eigenvalue weighted by atomic mass is 32.2. The maximum absolute atomic E-state index is 13.9. The van der Waals surface area contributed by atoms with Crippen LogP contribution in [0.3, 0.4) is 0 Å². The molecule has 2 heterocycles. The van der Waals surface area contributed by atoms with Gasteiger partial charge in [-0.25, -0.2) is 12.8 Å². The van der Waals surface area contributed by atoms with Gasteiger partial charge in [-0.3, -0.25) is 4.79 Å². The molecule has 1 saturated heterocycles. The lowest BCUT2D eigenvalue weighted by atomic mass is 9.98. The maximum Gasteiger partial charge on any atom is 0.248 e. The van der Waals surface area contributed by atoms with Crippen LogP contribution >= 0.6 is 0 Å². The van der Waals surface area contributed by atoms with Crippen LogP contribution in [0.15, 0.2) is 33.7 Å². The first-order chi connectivity index (χ1) is 14.7. The quantitative estimate of drug-likeness (QED) is 0.697. The number of nitrogens with zero attached hydrogens (tertiary/aromatic N) is 2. The molecule has 1 aromatic carbocycles. The lowest BCUT2D eigenvalue weighted by Gasteiger charge is -2.31. The van der Waals surface area contributed by atoms with Crippen LogP contribution in [0, 0.1) is 18.7 Å².